The number of alkyl carbamates (subject to hydrolysis) is 1. The molecule has 1 N–H and O–H groups in total. The van der Waals surface area contributed by atoms with Gasteiger partial charge in [-0.2, -0.15) is 0 Å². The maximum atomic E-state index is 12.0. The molecule has 4 nitrogen and oxygen atoms in total. The molecule has 212 valence electrons. The molecule has 0 bridgehead atoms. The van der Waals surface area contributed by atoms with Crippen LogP contribution in [-0.4, -0.2) is 28.1 Å². The van der Waals surface area contributed by atoms with E-state index < -0.39 is 14.4 Å². The quantitative estimate of drug-likeness (QED) is 0.198. The average Bonchev–Trinajstić information content (AvgIpc) is 2.95. The Bertz CT molecular complexity index is 1210. The SMILES string of the molecule is COC(=O)N[C@@H](c1ccccc1)[C@@H](C)/C=C\C(C)=C\[C@@H](C)CO[Si](c1ccccc1)(c1ccccc1)C(C)(C)C. The third-order valence-electron chi connectivity index (χ3n) is 7.33. The molecule has 0 aliphatic rings. The first kappa shape index (κ1) is 31.1. The second kappa shape index (κ2) is 14.3. The number of methoxy groups -OCH3 is 1. The average molecular weight is 556 g/mol. The molecular weight excluding hydrogens is 510 g/mol. The largest absolute Gasteiger partial charge is 0.453 e. The number of carbonyl (C=O) groups excluding carboxylic acids is 1. The van der Waals surface area contributed by atoms with Crippen molar-refractivity contribution in [2.45, 2.75) is 52.6 Å². The molecule has 0 saturated heterocycles. The van der Waals surface area contributed by atoms with Crippen LogP contribution in [0.15, 0.2) is 115 Å². The van der Waals surface area contributed by atoms with Gasteiger partial charge in [0.05, 0.1) is 13.2 Å². The lowest BCUT2D eigenvalue weighted by Crippen LogP contribution is -2.66. The van der Waals surface area contributed by atoms with Crippen molar-refractivity contribution >= 4 is 24.8 Å². The van der Waals surface area contributed by atoms with Crippen LogP contribution >= 0.6 is 0 Å². The van der Waals surface area contributed by atoms with Gasteiger partial charge in [-0.3, -0.25) is 0 Å². The van der Waals surface area contributed by atoms with E-state index in [1.54, 1.807) is 0 Å². The smallest absolute Gasteiger partial charge is 0.407 e. The van der Waals surface area contributed by atoms with Crippen LogP contribution in [0.1, 0.15) is 53.1 Å². The van der Waals surface area contributed by atoms with E-state index in [0.717, 1.165) is 11.1 Å². The molecular formula is C35H45NO3Si. The Labute approximate surface area is 242 Å². The van der Waals surface area contributed by atoms with Gasteiger partial charge in [0.15, 0.2) is 0 Å². The minimum atomic E-state index is -2.57. The van der Waals surface area contributed by atoms with Gasteiger partial charge in [0.25, 0.3) is 8.32 Å². The second-order valence-corrected chi connectivity index (χ2v) is 15.9. The van der Waals surface area contributed by atoms with Gasteiger partial charge in [-0.25, -0.2) is 4.79 Å². The highest BCUT2D eigenvalue weighted by molar-refractivity contribution is 6.99. The van der Waals surface area contributed by atoms with Gasteiger partial charge in [-0.1, -0.05) is 149 Å². The number of hydrogen-bond donors (Lipinski definition) is 1. The monoisotopic (exact) mass is 555 g/mol. The van der Waals surface area contributed by atoms with Gasteiger partial charge in [0.2, 0.25) is 0 Å². The van der Waals surface area contributed by atoms with Gasteiger partial charge < -0.3 is 14.5 Å². The van der Waals surface area contributed by atoms with Crippen molar-refractivity contribution < 1.29 is 14.0 Å². The molecule has 5 heteroatoms. The Hall–Kier alpha value is -3.41. The first-order chi connectivity index (χ1) is 19.1. The van der Waals surface area contributed by atoms with Crippen LogP contribution < -0.4 is 15.7 Å². The van der Waals surface area contributed by atoms with Crippen molar-refractivity contribution in [2.75, 3.05) is 13.7 Å². The first-order valence-corrected chi connectivity index (χ1v) is 16.0. The number of allylic oxidation sites excluding steroid dienone is 2. The Kier molecular flexibility index (Phi) is 11.1. The molecule has 0 radical (unpaired) electrons. The van der Waals surface area contributed by atoms with Crippen LogP contribution in [0, 0.1) is 11.8 Å². The fourth-order valence-corrected chi connectivity index (χ4v) is 10.0. The summed E-state index contributed by atoms with van der Waals surface area (Å²) in [5, 5.41) is 5.51. The zero-order chi connectivity index (χ0) is 29.2. The fraction of sp³-hybridized carbons (Fsp3) is 0.343. The van der Waals surface area contributed by atoms with Crippen molar-refractivity contribution in [1.29, 1.82) is 0 Å². The predicted molar refractivity (Wildman–Crippen MR) is 170 cm³/mol. The van der Waals surface area contributed by atoms with E-state index in [1.165, 1.54) is 17.5 Å². The minimum Gasteiger partial charge on any atom is -0.453 e. The minimum absolute atomic E-state index is 0.0530. The Morgan fingerprint density at radius 3 is 1.85 bits per heavy atom. The van der Waals surface area contributed by atoms with Crippen molar-refractivity contribution in [3.05, 3.63) is 120 Å². The first-order valence-electron chi connectivity index (χ1n) is 14.1. The highest BCUT2D eigenvalue weighted by Crippen LogP contribution is 2.37. The highest BCUT2D eigenvalue weighted by atomic mass is 28.4. The molecule has 3 aromatic carbocycles. The van der Waals surface area contributed by atoms with Crippen molar-refractivity contribution in [2.24, 2.45) is 11.8 Å². The maximum Gasteiger partial charge on any atom is 0.407 e. The zero-order valence-electron chi connectivity index (χ0n) is 25.1. The zero-order valence-corrected chi connectivity index (χ0v) is 26.1. The number of nitrogens with one attached hydrogen (secondary N) is 1. The van der Waals surface area contributed by atoms with E-state index in [9.17, 15) is 4.79 Å². The maximum absolute atomic E-state index is 12.0. The molecule has 40 heavy (non-hydrogen) atoms. The van der Waals surface area contributed by atoms with Crippen molar-refractivity contribution in [1.82, 2.24) is 5.32 Å². The third kappa shape index (κ3) is 7.83. The summed E-state index contributed by atoms with van der Waals surface area (Å²) in [6, 6.07) is 31.3. The van der Waals surface area contributed by atoms with E-state index in [-0.39, 0.29) is 22.9 Å². The topological polar surface area (TPSA) is 47.6 Å². The number of carbonyl (C=O) groups is 1. The van der Waals surface area contributed by atoms with E-state index in [2.05, 4.69) is 126 Å². The lowest BCUT2D eigenvalue weighted by Gasteiger charge is -2.43. The summed E-state index contributed by atoms with van der Waals surface area (Å²) in [6.45, 7) is 14.0. The molecule has 1 amide bonds. The summed E-state index contributed by atoms with van der Waals surface area (Å²) < 4.78 is 12.0. The number of amides is 1. The van der Waals surface area contributed by atoms with Gasteiger partial charge in [0.1, 0.15) is 0 Å². The highest BCUT2D eigenvalue weighted by Gasteiger charge is 2.50. The molecule has 3 atom stereocenters. The second-order valence-electron chi connectivity index (χ2n) is 11.6. The van der Waals surface area contributed by atoms with E-state index in [0.29, 0.717) is 6.61 Å². The third-order valence-corrected chi connectivity index (χ3v) is 12.3. The summed E-state index contributed by atoms with van der Waals surface area (Å²) in [7, 11) is -1.18. The molecule has 0 aromatic heterocycles. The molecule has 0 saturated carbocycles. The fourth-order valence-electron chi connectivity index (χ4n) is 5.35. The molecule has 0 aliphatic carbocycles. The Balaban J connectivity index is 1.80. The summed E-state index contributed by atoms with van der Waals surface area (Å²) in [5.41, 5.74) is 2.20. The van der Waals surface area contributed by atoms with Crippen molar-refractivity contribution in [3.63, 3.8) is 0 Å². The van der Waals surface area contributed by atoms with Crippen LogP contribution in [0.4, 0.5) is 4.79 Å². The molecule has 0 aliphatic heterocycles. The summed E-state index contributed by atoms with van der Waals surface area (Å²) in [5.74, 6) is 0.285. The molecule has 0 fully saturated rings. The lowest BCUT2D eigenvalue weighted by atomic mass is 9.93. The summed E-state index contributed by atoms with van der Waals surface area (Å²) in [4.78, 5) is 12.0. The van der Waals surface area contributed by atoms with Crippen LogP contribution in [0.2, 0.25) is 5.04 Å². The Morgan fingerprint density at radius 2 is 1.38 bits per heavy atom. The number of benzene rings is 3. The predicted octanol–water partition coefficient (Wildman–Crippen LogP) is 7.44. The standard InChI is InChI=1S/C35H45NO3Si/c1-27(23-24-29(3)33(36-34(37)38-7)30-17-11-8-12-18-30)25-28(2)26-39-40(35(4,5)6,31-19-13-9-14-20-31)32-21-15-10-16-22-32/h8-25,28-29,33H,26H2,1-7H3,(H,36,37)/b24-23-,27-25+/t28-,29+,33-/m1/s1. The summed E-state index contributed by atoms with van der Waals surface area (Å²) >= 11 is 0. The summed E-state index contributed by atoms with van der Waals surface area (Å²) in [6.07, 6.45) is 6.12. The Morgan fingerprint density at radius 1 is 0.875 bits per heavy atom. The van der Waals surface area contributed by atoms with E-state index in [4.69, 9.17) is 9.16 Å². The number of ether oxygens (including phenoxy) is 1. The number of rotatable bonds is 11. The molecule has 0 unspecified atom stereocenters. The van der Waals surface area contributed by atoms with Crippen molar-refractivity contribution in [3.8, 4) is 0 Å². The van der Waals surface area contributed by atoms with Crippen LogP contribution in [0.5, 0.6) is 0 Å². The molecule has 0 heterocycles. The van der Waals surface area contributed by atoms with Crippen LogP contribution in [0.25, 0.3) is 0 Å². The normalized spacial score (nSPS) is 14.9. The lowest BCUT2D eigenvalue weighted by molar-refractivity contribution is 0.164. The van der Waals surface area contributed by atoms with Crippen LogP contribution in [-0.2, 0) is 9.16 Å². The van der Waals surface area contributed by atoms with E-state index >= 15 is 0 Å². The van der Waals surface area contributed by atoms with E-state index in [1.807, 2.05) is 30.3 Å². The molecule has 3 rings (SSSR count). The molecule has 3 aromatic rings. The van der Waals surface area contributed by atoms with Gasteiger partial charge in [-0.05, 0) is 39.7 Å². The van der Waals surface area contributed by atoms with Gasteiger partial charge in [0, 0.05) is 6.61 Å². The molecule has 0 spiro atoms. The van der Waals surface area contributed by atoms with Gasteiger partial charge >= 0.3 is 6.09 Å². The van der Waals surface area contributed by atoms with Gasteiger partial charge in [-0.15, -0.1) is 0 Å². The number of hydrogen-bond acceptors (Lipinski definition) is 3. The van der Waals surface area contributed by atoms with Crippen LogP contribution in [0.3, 0.4) is 0 Å².